The third kappa shape index (κ3) is 11.7. The van der Waals surface area contributed by atoms with Crippen LogP contribution in [-0.4, -0.2) is 9.97 Å². The van der Waals surface area contributed by atoms with Crippen molar-refractivity contribution in [1.29, 1.82) is 0 Å². The van der Waals surface area contributed by atoms with E-state index < -0.39 is 0 Å². The normalized spacial score (nSPS) is 12.0. The van der Waals surface area contributed by atoms with Crippen LogP contribution in [-0.2, 0) is 61.9 Å². The van der Waals surface area contributed by atoms with Crippen molar-refractivity contribution in [2.75, 3.05) is 0 Å². The van der Waals surface area contributed by atoms with Crippen molar-refractivity contribution in [2.24, 2.45) is 0 Å². The van der Waals surface area contributed by atoms with Crippen molar-refractivity contribution in [1.82, 2.24) is 9.97 Å². The van der Waals surface area contributed by atoms with E-state index in [9.17, 15) is 0 Å². The van der Waals surface area contributed by atoms with E-state index in [0.717, 1.165) is 33.6 Å². The molecule has 4 heteroatoms. The Morgan fingerprint density at radius 1 is 0.316 bits per heavy atom. The Labute approximate surface area is 483 Å². The summed E-state index contributed by atoms with van der Waals surface area (Å²) in [6.07, 6.45) is 3.88. The zero-order chi connectivity index (χ0) is 53.1. The molecule has 0 aliphatic heterocycles. The number of pyridine rings is 2. The Bertz CT molecular complexity index is 3320. The Balaban J connectivity index is 0.00000420. The van der Waals surface area contributed by atoms with E-state index in [1.165, 1.54) is 100 Å². The molecule has 76 heavy (non-hydrogen) atoms. The fraction of sp³-hybridized carbons (Fsp3) is 0.278. The third-order valence-corrected chi connectivity index (χ3v) is 15.4. The monoisotopic (exact) mass is 1350 g/mol. The molecule has 9 rings (SSSR count). The van der Waals surface area contributed by atoms with E-state index in [-0.39, 0.29) is 61.9 Å². The molecule has 0 bridgehead atoms. The maximum atomic E-state index is 4.91. The summed E-state index contributed by atoms with van der Waals surface area (Å²) in [4.78, 5) is 9.81. The van der Waals surface area contributed by atoms with Gasteiger partial charge in [0.2, 0.25) is 0 Å². The summed E-state index contributed by atoms with van der Waals surface area (Å²) < 4.78 is 0. The van der Waals surface area contributed by atoms with Crippen LogP contribution in [0.15, 0.2) is 158 Å². The van der Waals surface area contributed by atoms with Crippen LogP contribution in [0.4, 0.5) is 0 Å². The van der Waals surface area contributed by atoms with E-state index in [1.807, 2.05) is 12.4 Å². The second-order valence-corrected chi connectivity index (χ2v) is 24.7. The van der Waals surface area contributed by atoms with Gasteiger partial charge in [-0.2, -0.15) is 0 Å². The maximum absolute atomic E-state index is 4.91. The fourth-order valence-electron chi connectivity index (χ4n) is 10.6. The minimum Gasteiger partial charge on any atom is -0.305 e. The van der Waals surface area contributed by atoms with Crippen LogP contribution in [0.5, 0.6) is 0 Å². The van der Waals surface area contributed by atoms with Gasteiger partial charge in [-0.3, -0.25) is 0 Å². The first-order valence-corrected chi connectivity index (χ1v) is 26.5. The van der Waals surface area contributed by atoms with E-state index in [1.54, 1.807) is 0 Å². The summed E-state index contributed by atoms with van der Waals surface area (Å²) >= 11 is 0. The van der Waals surface area contributed by atoms with Crippen molar-refractivity contribution >= 4 is 0 Å². The first kappa shape index (κ1) is 57.8. The van der Waals surface area contributed by atoms with Gasteiger partial charge in [-0.1, -0.05) is 226 Å². The second-order valence-electron chi connectivity index (χ2n) is 24.7. The molecule has 9 aromatic rings. The van der Waals surface area contributed by atoms with Crippen LogP contribution in [0.3, 0.4) is 0 Å². The fourth-order valence-corrected chi connectivity index (χ4v) is 10.6. The Kier molecular flexibility index (Phi) is 16.9. The van der Waals surface area contributed by atoms with Crippen molar-refractivity contribution in [2.45, 2.75) is 132 Å². The van der Waals surface area contributed by atoms with Gasteiger partial charge in [0.05, 0.1) is 0 Å². The summed E-state index contributed by atoms with van der Waals surface area (Å²) in [5.41, 5.74) is 28.3. The molecule has 7 aromatic carbocycles. The van der Waals surface area contributed by atoms with Crippen LogP contribution in [0.1, 0.15) is 128 Å². The molecular weight excluding hydrogens is 1280 g/mol. The summed E-state index contributed by atoms with van der Waals surface area (Å²) in [6.45, 7) is 36.5. The van der Waals surface area contributed by atoms with Gasteiger partial charge in [-0.05, 0) is 151 Å². The molecule has 0 fully saturated rings. The van der Waals surface area contributed by atoms with Crippen LogP contribution >= 0.6 is 0 Å². The third-order valence-electron chi connectivity index (χ3n) is 15.4. The maximum Gasteiger partial charge on any atom is 0.0163 e. The van der Waals surface area contributed by atoms with Gasteiger partial charge < -0.3 is 9.97 Å². The summed E-state index contributed by atoms with van der Waals surface area (Å²) in [7, 11) is 0. The van der Waals surface area contributed by atoms with Gasteiger partial charge in [0.15, 0.2) is 0 Å². The van der Waals surface area contributed by atoms with Gasteiger partial charge in [-0.25, -0.2) is 0 Å². The summed E-state index contributed by atoms with van der Waals surface area (Å²) in [5, 5.41) is 0. The molecule has 0 saturated carbocycles. The predicted octanol–water partition coefficient (Wildman–Crippen LogP) is 19.8. The topological polar surface area (TPSA) is 25.8 Å². The molecule has 2 nitrogen and oxygen atoms in total. The molecular formula is C72H74Ir2N2-2. The van der Waals surface area contributed by atoms with Gasteiger partial charge in [0.1, 0.15) is 0 Å². The first-order chi connectivity index (χ1) is 34.9. The molecule has 2 heterocycles. The van der Waals surface area contributed by atoms with Gasteiger partial charge in [0.25, 0.3) is 0 Å². The van der Waals surface area contributed by atoms with E-state index in [4.69, 9.17) is 9.97 Å². The van der Waals surface area contributed by atoms with Crippen LogP contribution in [0.2, 0.25) is 0 Å². The summed E-state index contributed by atoms with van der Waals surface area (Å²) in [6, 6.07) is 61.4. The van der Waals surface area contributed by atoms with Gasteiger partial charge in [0, 0.05) is 52.6 Å². The number of nitrogens with zero attached hydrogens (tertiary/aromatic N) is 2. The number of rotatable bonds is 8. The van der Waals surface area contributed by atoms with Gasteiger partial charge >= 0.3 is 0 Å². The molecule has 0 saturated heterocycles. The molecule has 2 aromatic heterocycles. The molecule has 0 aliphatic carbocycles. The SMILES string of the molecule is Cc1c(C)c(-c2ccccc2-c2c[c-]c(-c3cc(C(C)(C)C)ccn3)cc2-c2cccc(C(C)(C)C)c2)c(C)c(C)c1-c1ccccc1-c1c[c-]c(-c2cc(C(C)(C)C)ccn2)cc1-c1cccc(C(C)(C)C)c1.[Ir].[Ir]. The van der Waals surface area contributed by atoms with E-state index >= 15 is 0 Å². The molecule has 0 spiro atoms. The Hall–Kier alpha value is -5.86. The quantitative estimate of drug-likeness (QED) is 0.142. The number of benzene rings is 7. The Morgan fingerprint density at radius 2 is 0.632 bits per heavy atom. The number of hydrogen-bond acceptors (Lipinski definition) is 2. The van der Waals surface area contributed by atoms with E-state index in [2.05, 4.69) is 269 Å². The minimum absolute atomic E-state index is 0. The zero-order valence-electron chi connectivity index (χ0n) is 47.6. The average molecular weight is 1350 g/mol. The number of hydrogen-bond donors (Lipinski definition) is 0. The molecule has 2 radical (unpaired) electrons. The zero-order valence-corrected chi connectivity index (χ0v) is 52.4. The molecule has 0 aliphatic rings. The summed E-state index contributed by atoms with van der Waals surface area (Å²) in [5.74, 6) is 0. The minimum atomic E-state index is -0.0131. The predicted molar refractivity (Wildman–Crippen MR) is 317 cm³/mol. The van der Waals surface area contributed by atoms with Crippen molar-refractivity contribution in [3.63, 3.8) is 0 Å². The van der Waals surface area contributed by atoms with Crippen LogP contribution in [0.25, 0.3) is 89.3 Å². The van der Waals surface area contributed by atoms with Crippen LogP contribution in [0, 0.1) is 39.8 Å². The smallest absolute Gasteiger partial charge is 0.0163 e. The van der Waals surface area contributed by atoms with E-state index in [0.29, 0.717) is 0 Å². The molecule has 0 N–H and O–H groups in total. The Morgan fingerprint density at radius 3 is 0.961 bits per heavy atom. The number of aromatic nitrogens is 2. The molecule has 392 valence electrons. The molecule has 0 amide bonds. The van der Waals surface area contributed by atoms with Crippen molar-refractivity contribution in [3.8, 4) is 89.3 Å². The van der Waals surface area contributed by atoms with Crippen LogP contribution < -0.4 is 0 Å². The molecule has 0 atom stereocenters. The molecule has 0 unspecified atom stereocenters. The largest absolute Gasteiger partial charge is 0.305 e. The first-order valence-electron chi connectivity index (χ1n) is 26.5. The second kappa shape index (κ2) is 22.2. The van der Waals surface area contributed by atoms with Gasteiger partial charge in [-0.15, -0.1) is 47.5 Å². The van der Waals surface area contributed by atoms with Crippen molar-refractivity contribution < 1.29 is 40.2 Å². The standard InChI is InChI=1S/C72H74N2.2Ir/c1-45-46(2)68(62-30-20-18-28-58(62)60-34-32-52(66-44-56(36-38-74-66)72(14,15)16)42-64(60)50-24-22-26-54(40-50)70(8,9)10)48(4)47(3)67(45)61-29-19-17-27-57(61)59-33-31-51(65-43-55(35-37-73-65)71(11,12)13)41-63(59)49-23-21-25-53(39-49)69(5,6)7;;/h17-30,33-44H,1-16H3;;/q-2;;. The average Bonchev–Trinajstić information content (AvgIpc) is 3.37. The van der Waals surface area contributed by atoms with Crippen molar-refractivity contribution in [3.05, 3.63) is 215 Å².